The Bertz CT molecular complexity index is 1550. The monoisotopic (exact) mass is 498 g/mol. The molecule has 0 aliphatic carbocycles. The van der Waals surface area contributed by atoms with Gasteiger partial charge in [-0.25, -0.2) is 4.98 Å². The lowest BCUT2D eigenvalue weighted by Crippen LogP contribution is -2.29. The van der Waals surface area contributed by atoms with Crippen LogP contribution in [0.15, 0.2) is 66.2 Å². The van der Waals surface area contributed by atoms with Crippen LogP contribution in [0, 0.1) is 13.8 Å². The maximum absolute atomic E-state index is 13.5. The van der Waals surface area contributed by atoms with Gasteiger partial charge in [-0.3, -0.25) is 14.5 Å². The SMILES string of the molecule is CCc1ccc2nc(N3C(=O)C(=O)/C(=C(/O)c4ccc(OC)cc4C)C3c3cccc(C)c3)sc2c1. The lowest BCUT2D eigenvalue weighted by Gasteiger charge is -2.23. The van der Waals surface area contributed by atoms with Gasteiger partial charge >= 0.3 is 5.91 Å². The Balaban J connectivity index is 1.73. The van der Waals surface area contributed by atoms with Gasteiger partial charge in [-0.2, -0.15) is 0 Å². The zero-order valence-electron chi connectivity index (χ0n) is 20.5. The number of Topliss-reactive ketones (excluding diaryl/α,β-unsaturated/α-hetero) is 1. The highest BCUT2D eigenvalue weighted by atomic mass is 32.1. The van der Waals surface area contributed by atoms with Crippen LogP contribution in [0.2, 0.25) is 0 Å². The number of ether oxygens (including phenoxy) is 1. The van der Waals surface area contributed by atoms with Crippen LogP contribution in [0.1, 0.15) is 40.8 Å². The molecule has 7 heteroatoms. The highest BCUT2D eigenvalue weighted by Crippen LogP contribution is 2.45. The van der Waals surface area contributed by atoms with Crippen molar-refractivity contribution in [3.8, 4) is 5.75 Å². The summed E-state index contributed by atoms with van der Waals surface area (Å²) in [5.41, 5.74) is 4.91. The fraction of sp³-hybridized carbons (Fsp3) is 0.207. The van der Waals surface area contributed by atoms with Gasteiger partial charge in [0, 0.05) is 5.56 Å². The highest BCUT2D eigenvalue weighted by Gasteiger charge is 2.48. The Morgan fingerprint density at radius 3 is 2.58 bits per heavy atom. The average molecular weight is 499 g/mol. The van der Waals surface area contributed by atoms with E-state index >= 15 is 0 Å². The summed E-state index contributed by atoms with van der Waals surface area (Å²) in [6.07, 6.45) is 0.887. The molecular formula is C29H26N2O4S. The number of carbonyl (C=O) groups is 2. The maximum atomic E-state index is 13.5. The van der Waals surface area contributed by atoms with Crippen LogP contribution < -0.4 is 9.64 Å². The first-order chi connectivity index (χ1) is 17.3. The molecule has 2 heterocycles. The fourth-order valence-electron chi connectivity index (χ4n) is 4.64. The third-order valence-corrected chi connectivity index (χ3v) is 7.56. The topological polar surface area (TPSA) is 79.7 Å². The number of ketones is 1. The summed E-state index contributed by atoms with van der Waals surface area (Å²) in [5.74, 6) is -1.01. The minimum Gasteiger partial charge on any atom is -0.507 e. The van der Waals surface area contributed by atoms with Crippen molar-refractivity contribution in [3.63, 3.8) is 0 Å². The molecule has 1 atom stereocenters. The summed E-state index contributed by atoms with van der Waals surface area (Å²) >= 11 is 1.37. The molecule has 36 heavy (non-hydrogen) atoms. The van der Waals surface area contributed by atoms with Crippen LogP contribution in [0.25, 0.3) is 16.0 Å². The maximum Gasteiger partial charge on any atom is 0.301 e. The normalized spacial score (nSPS) is 17.2. The van der Waals surface area contributed by atoms with Crippen molar-refractivity contribution in [3.05, 3.63) is 94.1 Å². The van der Waals surface area contributed by atoms with Crippen molar-refractivity contribution >= 4 is 44.1 Å². The van der Waals surface area contributed by atoms with E-state index in [1.165, 1.54) is 21.8 Å². The molecular weight excluding hydrogens is 472 g/mol. The molecule has 1 aliphatic rings. The molecule has 182 valence electrons. The number of aliphatic hydroxyl groups excluding tert-OH is 1. The Morgan fingerprint density at radius 1 is 1.08 bits per heavy atom. The Morgan fingerprint density at radius 2 is 1.89 bits per heavy atom. The minimum atomic E-state index is -0.808. The summed E-state index contributed by atoms with van der Waals surface area (Å²) in [6, 6.07) is 18.1. The lowest BCUT2D eigenvalue weighted by atomic mass is 9.93. The number of methoxy groups -OCH3 is 1. The molecule has 0 radical (unpaired) electrons. The third-order valence-electron chi connectivity index (χ3n) is 6.55. The van der Waals surface area contributed by atoms with Gasteiger partial charge in [0.15, 0.2) is 5.13 Å². The molecule has 1 amide bonds. The largest absolute Gasteiger partial charge is 0.507 e. The van der Waals surface area contributed by atoms with Crippen molar-refractivity contribution in [2.45, 2.75) is 33.2 Å². The molecule has 1 N–H and O–H groups in total. The number of thiazole rings is 1. The fourth-order valence-corrected chi connectivity index (χ4v) is 5.70. The molecule has 4 aromatic rings. The van der Waals surface area contributed by atoms with E-state index in [0.717, 1.165) is 33.3 Å². The molecule has 6 nitrogen and oxygen atoms in total. The first-order valence-corrected chi connectivity index (χ1v) is 12.6. The van der Waals surface area contributed by atoms with E-state index in [0.29, 0.717) is 16.4 Å². The van der Waals surface area contributed by atoms with E-state index in [1.807, 2.05) is 50.2 Å². The summed E-state index contributed by atoms with van der Waals surface area (Å²) in [4.78, 5) is 33.1. The number of fused-ring (bicyclic) bond motifs is 1. The Labute approximate surface area is 213 Å². The second-order valence-corrected chi connectivity index (χ2v) is 9.93. The number of hydrogen-bond acceptors (Lipinski definition) is 6. The van der Waals surface area contributed by atoms with Crippen molar-refractivity contribution in [2.24, 2.45) is 0 Å². The molecule has 0 spiro atoms. The number of benzene rings is 3. The lowest BCUT2D eigenvalue weighted by molar-refractivity contribution is -0.132. The highest BCUT2D eigenvalue weighted by molar-refractivity contribution is 7.22. The molecule has 0 saturated carbocycles. The molecule has 1 fully saturated rings. The standard InChI is InChI=1S/C29H26N2O4S/c1-5-18-9-12-22-23(15-18)36-29(30-22)31-25(19-8-6-7-16(2)13-19)24(27(33)28(31)34)26(32)21-11-10-20(35-4)14-17(21)3/h6-15,25,32H,5H2,1-4H3/b26-24+. The zero-order valence-corrected chi connectivity index (χ0v) is 21.3. The van der Waals surface area contributed by atoms with Crippen molar-refractivity contribution in [1.29, 1.82) is 0 Å². The van der Waals surface area contributed by atoms with Gasteiger partial charge in [0.05, 0.1) is 28.9 Å². The third kappa shape index (κ3) is 3.95. The number of amides is 1. The number of aliphatic hydroxyl groups is 1. The number of hydrogen-bond donors (Lipinski definition) is 1. The van der Waals surface area contributed by atoms with E-state index in [-0.39, 0.29) is 11.3 Å². The summed E-state index contributed by atoms with van der Waals surface area (Å²) < 4.78 is 6.23. The zero-order chi connectivity index (χ0) is 25.6. The molecule has 1 aliphatic heterocycles. The summed E-state index contributed by atoms with van der Waals surface area (Å²) in [7, 11) is 1.57. The number of aromatic nitrogens is 1. The number of carbonyl (C=O) groups excluding carboxylic acids is 2. The summed E-state index contributed by atoms with van der Waals surface area (Å²) in [5, 5.41) is 11.9. The second-order valence-electron chi connectivity index (χ2n) is 8.92. The first kappa shape index (κ1) is 23.8. The number of anilines is 1. The van der Waals surface area contributed by atoms with Crippen LogP contribution in [0.3, 0.4) is 0 Å². The van der Waals surface area contributed by atoms with Gasteiger partial charge in [0.25, 0.3) is 5.78 Å². The second kappa shape index (κ2) is 9.24. The van der Waals surface area contributed by atoms with Crippen LogP contribution >= 0.6 is 11.3 Å². The molecule has 3 aromatic carbocycles. The van der Waals surface area contributed by atoms with Crippen molar-refractivity contribution < 1.29 is 19.4 Å². The molecule has 5 rings (SSSR count). The molecule has 0 bridgehead atoms. The van der Waals surface area contributed by atoms with Gasteiger partial charge in [0.2, 0.25) is 0 Å². The van der Waals surface area contributed by atoms with E-state index in [1.54, 1.807) is 25.3 Å². The quantitative estimate of drug-likeness (QED) is 0.204. The van der Waals surface area contributed by atoms with Crippen LogP contribution in [0.4, 0.5) is 5.13 Å². The Hall–Kier alpha value is -3.97. The van der Waals surface area contributed by atoms with E-state index in [9.17, 15) is 14.7 Å². The van der Waals surface area contributed by atoms with Crippen LogP contribution in [-0.2, 0) is 16.0 Å². The van der Waals surface area contributed by atoms with E-state index in [4.69, 9.17) is 9.72 Å². The predicted molar refractivity (Wildman–Crippen MR) is 143 cm³/mol. The van der Waals surface area contributed by atoms with Crippen molar-refractivity contribution in [2.75, 3.05) is 12.0 Å². The van der Waals surface area contributed by atoms with Gasteiger partial charge in [-0.15, -0.1) is 0 Å². The van der Waals surface area contributed by atoms with Gasteiger partial charge in [0.1, 0.15) is 11.5 Å². The predicted octanol–water partition coefficient (Wildman–Crippen LogP) is 6.11. The minimum absolute atomic E-state index is 0.0485. The molecule has 1 unspecified atom stereocenters. The number of nitrogens with zero attached hydrogens (tertiary/aromatic N) is 2. The van der Waals surface area contributed by atoms with E-state index < -0.39 is 17.7 Å². The van der Waals surface area contributed by atoms with Crippen LogP contribution in [-0.4, -0.2) is 28.9 Å². The van der Waals surface area contributed by atoms with Gasteiger partial charge < -0.3 is 9.84 Å². The average Bonchev–Trinajstić information content (AvgIpc) is 3.41. The molecule has 1 saturated heterocycles. The van der Waals surface area contributed by atoms with Crippen LogP contribution in [0.5, 0.6) is 5.75 Å². The van der Waals surface area contributed by atoms with Gasteiger partial charge in [-0.1, -0.05) is 54.2 Å². The van der Waals surface area contributed by atoms with E-state index in [2.05, 4.69) is 13.0 Å². The molecule has 1 aromatic heterocycles. The summed E-state index contributed by atoms with van der Waals surface area (Å²) in [6.45, 7) is 5.86. The smallest absolute Gasteiger partial charge is 0.301 e. The van der Waals surface area contributed by atoms with Gasteiger partial charge in [-0.05, 0) is 67.3 Å². The Kier molecular flexibility index (Phi) is 6.10. The first-order valence-electron chi connectivity index (χ1n) is 11.7. The number of rotatable bonds is 5. The number of aryl methyl sites for hydroxylation is 3. The van der Waals surface area contributed by atoms with Crippen molar-refractivity contribution in [1.82, 2.24) is 4.98 Å².